The van der Waals surface area contributed by atoms with Gasteiger partial charge in [0.2, 0.25) is 5.89 Å². The highest BCUT2D eigenvalue weighted by Gasteiger charge is 2.34. The first-order valence-corrected chi connectivity index (χ1v) is 5.41. The molecule has 16 heavy (non-hydrogen) atoms. The summed E-state index contributed by atoms with van der Waals surface area (Å²) in [6.45, 7) is 2.63. The summed E-state index contributed by atoms with van der Waals surface area (Å²) in [6, 6.07) is 0. The number of carboxylic acids is 1. The minimum absolute atomic E-state index is 0.136. The maximum atomic E-state index is 10.5. The molecule has 1 aliphatic heterocycles. The van der Waals surface area contributed by atoms with Gasteiger partial charge in [0.05, 0.1) is 6.20 Å². The Labute approximate surface area is 93.4 Å². The van der Waals surface area contributed by atoms with E-state index < -0.39 is 11.6 Å². The molecule has 0 aromatic carbocycles. The number of ether oxygens (including phenoxy) is 1. The van der Waals surface area contributed by atoms with Crippen LogP contribution in [0.2, 0.25) is 0 Å². The Morgan fingerprint density at radius 1 is 1.62 bits per heavy atom. The standard InChI is InChI=1S/C11H15NO4/c1-11(4-2-3-5-15-11)10-12-7-8(16-10)6-9(13)14/h7H,2-6H2,1H3,(H,13,14). The number of aliphatic carboxylic acids is 1. The van der Waals surface area contributed by atoms with Crippen LogP contribution in [0.25, 0.3) is 0 Å². The SMILES string of the molecule is CC1(c2ncc(CC(=O)O)o2)CCCCO1. The van der Waals surface area contributed by atoms with Gasteiger partial charge in [-0.05, 0) is 26.2 Å². The molecule has 88 valence electrons. The lowest BCUT2D eigenvalue weighted by Crippen LogP contribution is -2.30. The van der Waals surface area contributed by atoms with Crippen LogP contribution in [-0.2, 0) is 21.6 Å². The molecule has 0 bridgehead atoms. The van der Waals surface area contributed by atoms with Crippen LogP contribution in [0, 0.1) is 0 Å². The molecule has 0 aliphatic carbocycles. The molecule has 0 spiro atoms. The normalized spacial score (nSPS) is 25.6. The van der Waals surface area contributed by atoms with E-state index in [1.165, 1.54) is 6.20 Å². The van der Waals surface area contributed by atoms with E-state index in [1.54, 1.807) is 0 Å². The number of carbonyl (C=O) groups is 1. The van der Waals surface area contributed by atoms with E-state index in [1.807, 2.05) is 6.92 Å². The van der Waals surface area contributed by atoms with Crippen molar-refractivity contribution in [2.75, 3.05) is 6.61 Å². The van der Waals surface area contributed by atoms with Crippen LogP contribution in [0.4, 0.5) is 0 Å². The fourth-order valence-electron chi connectivity index (χ4n) is 1.89. The predicted molar refractivity (Wildman–Crippen MR) is 55.0 cm³/mol. The molecule has 1 aromatic heterocycles. The van der Waals surface area contributed by atoms with Crippen LogP contribution < -0.4 is 0 Å². The van der Waals surface area contributed by atoms with Crippen molar-refractivity contribution in [2.45, 2.75) is 38.2 Å². The van der Waals surface area contributed by atoms with Crippen LogP contribution in [-0.4, -0.2) is 22.7 Å². The summed E-state index contributed by atoms with van der Waals surface area (Å²) in [5.41, 5.74) is -0.491. The number of rotatable bonds is 3. The highest BCUT2D eigenvalue weighted by atomic mass is 16.5. The van der Waals surface area contributed by atoms with Gasteiger partial charge in [0.1, 0.15) is 17.8 Å². The molecular weight excluding hydrogens is 210 g/mol. The number of hydrogen-bond acceptors (Lipinski definition) is 4. The van der Waals surface area contributed by atoms with Crippen molar-refractivity contribution >= 4 is 5.97 Å². The highest BCUT2D eigenvalue weighted by Crippen LogP contribution is 2.34. The second-order valence-electron chi connectivity index (χ2n) is 4.24. The third kappa shape index (κ3) is 2.24. The molecule has 1 aliphatic rings. The first kappa shape index (κ1) is 11.1. The second kappa shape index (κ2) is 4.25. The molecule has 1 aromatic rings. The van der Waals surface area contributed by atoms with Gasteiger partial charge in [-0.3, -0.25) is 4.79 Å². The first-order chi connectivity index (χ1) is 7.60. The summed E-state index contributed by atoms with van der Waals surface area (Å²) < 4.78 is 11.1. The third-order valence-corrected chi connectivity index (χ3v) is 2.80. The fourth-order valence-corrected chi connectivity index (χ4v) is 1.89. The summed E-state index contributed by atoms with van der Waals surface area (Å²) in [5.74, 6) is -0.0567. The van der Waals surface area contributed by atoms with Gasteiger partial charge in [-0.1, -0.05) is 0 Å². The van der Waals surface area contributed by atoms with Gasteiger partial charge in [0.15, 0.2) is 0 Å². The molecule has 1 fully saturated rings. The summed E-state index contributed by atoms with van der Waals surface area (Å²) in [7, 11) is 0. The largest absolute Gasteiger partial charge is 0.481 e. The number of nitrogens with zero attached hydrogens (tertiary/aromatic N) is 1. The lowest BCUT2D eigenvalue weighted by molar-refractivity contribution is -0.136. The Balaban J connectivity index is 2.13. The molecule has 5 nitrogen and oxygen atoms in total. The minimum Gasteiger partial charge on any atom is -0.481 e. The zero-order valence-corrected chi connectivity index (χ0v) is 9.23. The Morgan fingerprint density at radius 2 is 2.44 bits per heavy atom. The van der Waals surface area contributed by atoms with Gasteiger partial charge >= 0.3 is 5.97 Å². The van der Waals surface area contributed by atoms with E-state index in [9.17, 15) is 4.79 Å². The van der Waals surface area contributed by atoms with Crippen molar-refractivity contribution < 1.29 is 19.1 Å². The van der Waals surface area contributed by atoms with Crippen molar-refractivity contribution in [2.24, 2.45) is 0 Å². The van der Waals surface area contributed by atoms with Gasteiger partial charge < -0.3 is 14.3 Å². The summed E-state index contributed by atoms with van der Waals surface area (Å²) in [4.78, 5) is 14.6. The van der Waals surface area contributed by atoms with Crippen LogP contribution in [0.15, 0.2) is 10.6 Å². The van der Waals surface area contributed by atoms with Crippen LogP contribution >= 0.6 is 0 Å². The summed E-state index contributed by atoms with van der Waals surface area (Å²) >= 11 is 0. The number of carboxylic acid groups (broad SMARTS) is 1. The molecule has 5 heteroatoms. The van der Waals surface area contributed by atoms with Gasteiger partial charge in [-0.15, -0.1) is 0 Å². The topological polar surface area (TPSA) is 72.6 Å². The monoisotopic (exact) mass is 225 g/mol. The zero-order chi connectivity index (χ0) is 11.6. The number of hydrogen-bond donors (Lipinski definition) is 1. The first-order valence-electron chi connectivity index (χ1n) is 5.41. The summed E-state index contributed by atoms with van der Waals surface area (Å²) in [5, 5.41) is 8.63. The lowest BCUT2D eigenvalue weighted by Gasteiger charge is -2.30. The Bertz CT molecular complexity index is 379. The maximum absolute atomic E-state index is 10.5. The van der Waals surface area contributed by atoms with E-state index >= 15 is 0 Å². The van der Waals surface area contributed by atoms with Crippen molar-refractivity contribution in [3.05, 3.63) is 17.8 Å². The van der Waals surface area contributed by atoms with Gasteiger partial charge in [-0.25, -0.2) is 4.98 Å². The smallest absolute Gasteiger partial charge is 0.311 e. The molecule has 2 rings (SSSR count). The molecular formula is C11H15NO4. The molecule has 1 unspecified atom stereocenters. The van der Waals surface area contributed by atoms with Crippen LogP contribution in [0.5, 0.6) is 0 Å². The highest BCUT2D eigenvalue weighted by molar-refractivity contribution is 5.69. The molecule has 0 amide bonds. The molecule has 0 saturated carbocycles. The lowest BCUT2D eigenvalue weighted by atomic mass is 9.96. The van der Waals surface area contributed by atoms with Gasteiger partial charge in [0, 0.05) is 6.61 Å². The van der Waals surface area contributed by atoms with E-state index in [0.717, 1.165) is 19.3 Å². The second-order valence-corrected chi connectivity index (χ2v) is 4.24. The van der Waals surface area contributed by atoms with Crippen LogP contribution in [0.3, 0.4) is 0 Å². The molecule has 2 heterocycles. The van der Waals surface area contributed by atoms with E-state index in [2.05, 4.69) is 4.98 Å². The number of aromatic nitrogens is 1. The van der Waals surface area contributed by atoms with Gasteiger partial charge in [0.25, 0.3) is 0 Å². The summed E-state index contributed by atoms with van der Waals surface area (Å²) in [6.07, 6.45) is 4.32. The molecule has 1 saturated heterocycles. The minimum atomic E-state index is -0.919. The van der Waals surface area contributed by atoms with Crippen molar-refractivity contribution in [1.82, 2.24) is 4.98 Å². The maximum Gasteiger partial charge on any atom is 0.311 e. The third-order valence-electron chi connectivity index (χ3n) is 2.80. The van der Waals surface area contributed by atoms with Crippen molar-refractivity contribution in [3.63, 3.8) is 0 Å². The van der Waals surface area contributed by atoms with Crippen molar-refractivity contribution in [1.29, 1.82) is 0 Å². The Kier molecular flexibility index (Phi) is 2.96. The Hall–Kier alpha value is -1.36. The number of oxazole rings is 1. The van der Waals surface area contributed by atoms with Crippen LogP contribution in [0.1, 0.15) is 37.8 Å². The van der Waals surface area contributed by atoms with E-state index in [0.29, 0.717) is 18.3 Å². The Morgan fingerprint density at radius 3 is 3.06 bits per heavy atom. The van der Waals surface area contributed by atoms with Gasteiger partial charge in [-0.2, -0.15) is 0 Å². The fraction of sp³-hybridized carbons (Fsp3) is 0.636. The van der Waals surface area contributed by atoms with Crippen molar-refractivity contribution in [3.8, 4) is 0 Å². The quantitative estimate of drug-likeness (QED) is 0.847. The predicted octanol–water partition coefficient (Wildman–Crippen LogP) is 1.72. The zero-order valence-electron chi connectivity index (χ0n) is 9.23. The molecule has 1 N–H and O–H groups in total. The molecule has 1 atom stereocenters. The average molecular weight is 225 g/mol. The van der Waals surface area contributed by atoms with E-state index in [4.69, 9.17) is 14.3 Å². The van der Waals surface area contributed by atoms with E-state index in [-0.39, 0.29) is 6.42 Å². The molecule has 0 radical (unpaired) electrons. The average Bonchev–Trinajstić information content (AvgIpc) is 2.67.